The molecule has 0 amide bonds. The Kier molecular flexibility index (Phi) is 5.30. The van der Waals surface area contributed by atoms with Crippen molar-refractivity contribution in [2.24, 2.45) is 0 Å². The first-order chi connectivity index (χ1) is 14.7. The molecule has 5 heteroatoms. The smallest absolute Gasteiger partial charge is 0.174 e. The van der Waals surface area contributed by atoms with Crippen molar-refractivity contribution in [3.63, 3.8) is 0 Å². The third-order valence-electron chi connectivity index (χ3n) is 6.46. The first kappa shape index (κ1) is 19.3. The number of hydrogen-bond acceptors (Lipinski definition) is 2. The first-order valence-electron chi connectivity index (χ1n) is 11.0. The van der Waals surface area contributed by atoms with Gasteiger partial charge < -0.3 is 14.8 Å². The maximum absolute atomic E-state index is 5.87. The van der Waals surface area contributed by atoms with Crippen molar-refractivity contribution in [3.05, 3.63) is 83.9 Å². The predicted octanol–water partition coefficient (Wildman–Crippen LogP) is 5.87. The Balaban J connectivity index is 1.62. The highest BCUT2D eigenvalue weighted by Crippen LogP contribution is 2.43. The zero-order valence-electron chi connectivity index (χ0n) is 17.4. The standard InChI is InChI=1S/C25H28N4S/c1-18-9-7-12-20(17-18)29-24(23(27-25(29)30)21-13-5-6-15-26-21)22-14-8-16-28(22)19-10-3-2-4-11-19/h5-9,12-17,19,23-24H,2-4,10-11H2,1H3,(H,27,30)/t23-,24-/m0/s1. The quantitative estimate of drug-likeness (QED) is 0.539. The summed E-state index contributed by atoms with van der Waals surface area (Å²) in [7, 11) is 0. The number of hydrogen-bond donors (Lipinski definition) is 1. The molecule has 2 fully saturated rings. The van der Waals surface area contributed by atoms with Gasteiger partial charge in [0.2, 0.25) is 0 Å². The molecule has 3 heterocycles. The number of rotatable bonds is 4. The zero-order valence-corrected chi connectivity index (χ0v) is 18.2. The van der Waals surface area contributed by atoms with Gasteiger partial charge in [-0.2, -0.15) is 0 Å². The Labute approximate surface area is 183 Å². The lowest BCUT2D eigenvalue weighted by molar-refractivity contribution is 0.340. The van der Waals surface area contributed by atoms with Crippen LogP contribution in [0.4, 0.5) is 5.69 Å². The Bertz CT molecular complexity index is 1020. The molecule has 1 saturated heterocycles. The molecule has 2 aliphatic rings. The molecule has 0 bridgehead atoms. The van der Waals surface area contributed by atoms with Crippen LogP contribution in [0.2, 0.25) is 0 Å². The molecule has 1 aromatic carbocycles. The van der Waals surface area contributed by atoms with Crippen molar-refractivity contribution < 1.29 is 0 Å². The molecule has 1 aliphatic carbocycles. The van der Waals surface area contributed by atoms with Gasteiger partial charge in [-0.15, -0.1) is 0 Å². The molecule has 2 aromatic heterocycles. The van der Waals surface area contributed by atoms with Crippen LogP contribution < -0.4 is 10.2 Å². The fraction of sp³-hybridized carbons (Fsp3) is 0.360. The van der Waals surface area contributed by atoms with Gasteiger partial charge in [-0.25, -0.2) is 0 Å². The SMILES string of the molecule is Cc1cccc(N2C(=S)N[C@@H](c3ccccn3)[C@@H]2c2cccn2C2CCCCC2)c1. The number of pyridine rings is 1. The lowest BCUT2D eigenvalue weighted by Gasteiger charge is -2.32. The second-order valence-electron chi connectivity index (χ2n) is 8.47. The molecule has 1 N–H and O–H groups in total. The normalized spacial score (nSPS) is 22.3. The van der Waals surface area contributed by atoms with Crippen LogP contribution in [0.5, 0.6) is 0 Å². The fourth-order valence-corrected chi connectivity index (χ4v) is 5.41. The number of thiocarbonyl (C=S) groups is 1. The van der Waals surface area contributed by atoms with E-state index in [9.17, 15) is 0 Å². The van der Waals surface area contributed by atoms with E-state index < -0.39 is 0 Å². The van der Waals surface area contributed by atoms with Gasteiger partial charge >= 0.3 is 0 Å². The Morgan fingerprint density at radius 1 is 1.00 bits per heavy atom. The predicted molar refractivity (Wildman–Crippen MR) is 126 cm³/mol. The van der Waals surface area contributed by atoms with E-state index in [0.717, 1.165) is 16.5 Å². The third-order valence-corrected chi connectivity index (χ3v) is 6.78. The van der Waals surface area contributed by atoms with Gasteiger partial charge in [-0.3, -0.25) is 4.98 Å². The number of nitrogens with one attached hydrogen (secondary N) is 1. The van der Waals surface area contributed by atoms with Crippen LogP contribution in [0.1, 0.15) is 67.2 Å². The molecular formula is C25H28N4S. The summed E-state index contributed by atoms with van der Waals surface area (Å²) >= 11 is 5.87. The lowest BCUT2D eigenvalue weighted by Crippen LogP contribution is -2.31. The summed E-state index contributed by atoms with van der Waals surface area (Å²) < 4.78 is 2.51. The van der Waals surface area contributed by atoms with Crippen molar-refractivity contribution in [2.45, 2.75) is 57.2 Å². The summed E-state index contributed by atoms with van der Waals surface area (Å²) in [6.45, 7) is 2.13. The van der Waals surface area contributed by atoms with Crippen LogP contribution in [-0.2, 0) is 0 Å². The van der Waals surface area contributed by atoms with Gasteiger partial charge in [-0.05, 0) is 73.9 Å². The minimum Gasteiger partial charge on any atom is -0.351 e. The second kappa shape index (κ2) is 8.23. The number of aryl methyl sites for hydroxylation is 1. The average Bonchev–Trinajstić information content (AvgIpc) is 3.39. The second-order valence-corrected chi connectivity index (χ2v) is 8.85. The van der Waals surface area contributed by atoms with E-state index in [1.807, 2.05) is 12.3 Å². The highest BCUT2D eigenvalue weighted by molar-refractivity contribution is 7.80. The van der Waals surface area contributed by atoms with Crippen LogP contribution in [-0.4, -0.2) is 14.7 Å². The van der Waals surface area contributed by atoms with Gasteiger partial charge in [0, 0.05) is 29.8 Å². The summed E-state index contributed by atoms with van der Waals surface area (Å²) in [5.74, 6) is 0. The molecule has 0 spiro atoms. The molecule has 154 valence electrons. The third kappa shape index (κ3) is 3.52. The molecule has 0 radical (unpaired) electrons. The lowest BCUT2D eigenvalue weighted by atomic mass is 9.94. The van der Waals surface area contributed by atoms with Crippen LogP contribution in [0.25, 0.3) is 0 Å². The monoisotopic (exact) mass is 416 g/mol. The van der Waals surface area contributed by atoms with Gasteiger partial charge in [0.05, 0.1) is 11.7 Å². The van der Waals surface area contributed by atoms with Crippen LogP contribution in [0.3, 0.4) is 0 Å². The Hall–Kier alpha value is -2.66. The van der Waals surface area contributed by atoms with Gasteiger partial charge in [0.25, 0.3) is 0 Å². The van der Waals surface area contributed by atoms with E-state index in [0.29, 0.717) is 6.04 Å². The van der Waals surface area contributed by atoms with E-state index in [1.165, 1.54) is 43.4 Å². The zero-order chi connectivity index (χ0) is 20.5. The largest absolute Gasteiger partial charge is 0.351 e. The number of benzene rings is 1. The summed E-state index contributed by atoms with van der Waals surface area (Å²) in [4.78, 5) is 6.97. The molecule has 1 saturated carbocycles. The molecule has 5 rings (SSSR count). The molecular weight excluding hydrogens is 388 g/mol. The number of aromatic nitrogens is 2. The van der Waals surface area contributed by atoms with Crippen molar-refractivity contribution in [3.8, 4) is 0 Å². The minimum atomic E-state index is 0.0106. The van der Waals surface area contributed by atoms with Crippen molar-refractivity contribution in [1.82, 2.24) is 14.9 Å². The van der Waals surface area contributed by atoms with Crippen molar-refractivity contribution in [1.29, 1.82) is 0 Å². The summed E-state index contributed by atoms with van der Waals surface area (Å²) in [5, 5.41) is 4.35. The van der Waals surface area contributed by atoms with Crippen LogP contribution in [0, 0.1) is 6.92 Å². The van der Waals surface area contributed by atoms with Gasteiger partial charge in [0.15, 0.2) is 5.11 Å². The highest BCUT2D eigenvalue weighted by Gasteiger charge is 2.42. The maximum Gasteiger partial charge on any atom is 0.174 e. The summed E-state index contributed by atoms with van der Waals surface area (Å²) in [6, 6.07) is 19.8. The fourth-order valence-electron chi connectivity index (χ4n) is 5.06. The molecule has 30 heavy (non-hydrogen) atoms. The molecule has 3 aromatic rings. The molecule has 1 aliphatic heterocycles. The van der Waals surface area contributed by atoms with E-state index in [1.54, 1.807) is 0 Å². The van der Waals surface area contributed by atoms with Gasteiger partial charge in [-0.1, -0.05) is 37.5 Å². The average molecular weight is 417 g/mol. The summed E-state index contributed by atoms with van der Waals surface area (Å²) in [5.41, 5.74) is 4.70. The molecule has 4 nitrogen and oxygen atoms in total. The van der Waals surface area contributed by atoms with Crippen LogP contribution in [0.15, 0.2) is 67.0 Å². The van der Waals surface area contributed by atoms with Gasteiger partial charge in [0.1, 0.15) is 6.04 Å². The van der Waals surface area contributed by atoms with E-state index in [-0.39, 0.29) is 12.1 Å². The number of anilines is 1. The van der Waals surface area contributed by atoms with E-state index in [4.69, 9.17) is 12.2 Å². The highest BCUT2D eigenvalue weighted by atomic mass is 32.1. The Morgan fingerprint density at radius 2 is 1.87 bits per heavy atom. The maximum atomic E-state index is 5.87. The van der Waals surface area contributed by atoms with E-state index in [2.05, 4.69) is 81.4 Å². The topological polar surface area (TPSA) is 33.1 Å². The number of nitrogens with zero attached hydrogens (tertiary/aromatic N) is 3. The Morgan fingerprint density at radius 3 is 2.63 bits per heavy atom. The van der Waals surface area contributed by atoms with Crippen LogP contribution >= 0.6 is 12.2 Å². The van der Waals surface area contributed by atoms with Crippen molar-refractivity contribution >= 4 is 23.0 Å². The van der Waals surface area contributed by atoms with Crippen molar-refractivity contribution in [2.75, 3.05) is 4.90 Å². The molecule has 2 atom stereocenters. The summed E-state index contributed by atoms with van der Waals surface area (Å²) in [6.07, 6.45) is 10.6. The molecule has 0 unspecified atom stereocenters. The minimum absolute atomic E-state index is 0.0106. The first-order valence-corrected chi connectivity index (χ1v) is 11.4. The van der Waals surface area contributed by atoms with E-state index >= 15 is 0 Å².